The van der Waals surface area contributed by atoms with E-state index < -0.39 is 0 Å². The fourth-order valence-electron chi connectivity index (χ4n) is 2.51. The average molecular weight is 322 g/mol. The average Bonchev–Trinajstić information content (AvgIpc) is 2.61. The number of amides is 1. The van der Waals surface area contributed by atoms with Gasteiger partial charge in [-0.2, -0.15) is 0 Å². The van der Waals surface area contributed by atoms with Gasteiger partial charge in [-0.25, -0.2) is 0 Å². The molecule has 1 aromatic carbocycles. The summed E-state index contributed by atoms with van der Waals surface area (Å²) in [6.45, 7) is 3.18. The molecule has 1 heterocycles. The van der Waals surface area contributed by atoms with Crippen LogP contribution in [-0.2, 0) is 4.74 Å². The van der Waals surface area contributed by atoms with Gasteiger partial charge in [0, 0.05) is 13.2 Å². The van der Waals surface area contributed by atoms with E-state index in [1.54, 1.807) is 25.3 Å². The van der Waals surface area contributed by atoms with Crippen LogP contribution in [0.5, 0.6) is 11.5 Å². The van der Waals surface area contributed by atoms with Gasteiger partial charge in [0.2, 0.25) is 0 Å². The van der Waals surface area contributed by atoms with Crippen molar-refractivity contribution in [3.63, 3.8) is 0 Å². The van der Waals surface area contributed by atoms with E-state index in [1.807, 2.05) is 0 Å². The molecule has 0 saturated carbocycles. The molecule has 1 saturated heterocycles. The van der Waals surface area contributed by atoms with Crippen molar-refractivity contribution in [1.82, 2.24) is 5.32 Å². The zero-order valence-electron chi connectivity index (χ0n) is 13.7. The second kappa shape index (κ2) is 9.37. The molecule has 1 aliphatic heterocycles. The molecule has 2 rings (SSSR count). The van der Waals surface area contributed by atoms with Gasteiger partial charge >= 0.3 is 0 Å². The molecule has 0 aliphatic carbocycles. The molecule has 0 aromatic heterocycles. The second-order valence-corrected chi connectivity index (χ2v) is 5.65. The Bertz CT molecular complexity index is 501. The molecule has 0 radical (unpaired) electrons. The molecule has 0 spiro atoms. The zero-order chi connectivity index (χ0) is 16.5. The predicted octanol–water partition coefficient (Wildman–Crippen LogP) is 1.58. The molecule has 128 valence electrons. The lowest BCUT2D eigenvalue weighted by molar-refractivity contribution is 0.0536. The number of rotatable bonds is 8. The van der Waals surface area contributed by atoms with Crippen molar-refractivity contribution in [2.24, 2.45) is 11.7 Å². The number of nitrogens with two attached hydrogens (primary N) is 1. The largest absolute Gasteiger partial charge is 0.497 e. The maximum Gasteiger partial charge on any atom is 0.255 e. The predicted molar refractivity (Wildman–Crippen MR) is 88.0 cm³/mol. The summed E-state index contributed by atoms with van der Waals surface area (Å²) in [5, 5.41) is 2.97. The van der Waals surface area contributed by atoms with Crippen LogP contribution in [0.15, 0.2) is 18.2 Å². The molecule has 1 amide bonds. The van der Waals surface area contributed by atoms with E-state index in [0.29, 0.717) is 49.3 Å². The molecule has 1 unspecified atom stereocenters. The van der Waals surface area contributed by atoms with Crippen molar-refractivity contribution < 1.29 is 19.0 Å². The number of nitrogens with one attached hydrogen (secondary N) is 1. The normalized spacial score (nSPS) is 17.6. The number of hydrogen-bond donors (Lipinski definition) is 2. The third-order valence-corrected chi connectivity index (χ3v) is 3.84. The van der Waals surface area contributed by atoms with Crippen LogP contribution in [0, 0.1) is 5.92 Å². The van der Waals surface area contributed by atoms with Gasteiger partial charge in [-0.05, 0) is 49.9 Å². The van der Waals surface area contributed by atoms with E-state index in [2.05, 4.69) is 5.32 Å². The van der Waals surface area contributed by atoms with Crippen molar-refractivity contribution >= 4 is 5.91 Å². The third kappa shape index (κ3) is 5.41. The number of carbonyl (C=O) groups is 1. The highest BCUT2D eigenvalue weighted by atomic mass is 16.5. The molecular formula is C17H26N2O4. The zero-order valence-corrected chi connectivity index (χ0v) is 13.7. The summed E-state index contributed by atoms with van der Waals surface area (Å²) in [6, 6.07) is 5.24. The smallest absolute Gasteiger partial charge is 0.255 e. The van der Waals surface area contributed by atoms with Gasteiger partial charge in [0.15, 0.2) is 0 Å². The van der Waals surface area contributed by atoms with Gasteiger partial charge in [0.25, 0.3) is 5.91 Å². The number of benzene rings is 1. The Morgan fingerprint density at radius 3 is 3.04 bits per heavy atom. The van der Waals surface area contributed by atoms with Gasteiger partial charge in [-0.3, -0.25) is 4.79 Å². The Labute approximate surface area is 137 Å². The van der Waals surface area contributed by atoms with Crippen LogP contribution in [0.3, 0.4) is 0 Å². The summed E-state index contributed by atoms with van der Waals surface area (Å²) < 4.78 is 16.3. The van der Waals surface area contributed by atoms with Crippen molar-refractivity contribution in [1.29, 1.82) is 0 Å². The van der Waals surface area contributed by atoms with E-state index in [1.165, 1.54) is 0 Å². The van der Waals surface area contributed by atoms with Crippen LogP contribution in [0.1, 0.15) is 29.6 Å². The lowest BCUT2D eigenvalue weighted by atomic mass is 10.0. The minimum Gasteiger partial charge on any atom is -0.497 e. The molecule has 0 bridgehead atoms. The van der Waals surface area contributed by atoms with Gasteiger partial charge in [0.1, 0.15) is 11.5 Å². The first kappa shape index (κ1) is 17.6. The quantitative estimate of drug-likeness (QED) is 0.710. The first-order valence-electron chi connectivity index (χ1n) is 8.11. The first-order valence-corrected chi connectivity index (χ1v) is 8.11. The molecule has 6 heteroatoms. The fourth-order valence-corrected chi connectivity index (χ4v) is 2.51. The number of ether oxygens (including phenoxy) is 3. The van der Waals surface area contributed by atoms with Crippen molar-refractivity contribution in [2.45, 2.75) is 19.3 Å². The molecular weight excluding hydrogens is 296 g/mol. The van der Waals surface area contributed by atoms with E-state index in [0.717, 1.165) is 25.9 Å². The van der Waals surface area contributed by atoms with Gasteiger partial charge in [0.05, 0.1) is 25.9 Å². The second-order valence-electron chi connectivity index (χ2n) is 5.65. The lowest BCUT2D eigenvalue weighted by Crippen LogP contribution is -2.33. The van der Waals surface area contributed by atoms with E-state index in [-0.39, 0.29) is 5.91 Å². The van der Waals surface area contributed by atoms with Crippen LogP contribution in [0.4, 0.5) is 0 Å². The number of methoxy groups -OCH3 is 1. The van der Waals surface area contributed by atoms with Crippen molar-refractivity contribution in [3.05, 3.63) is 23.8 Å². The Balaban J connectivity index is 2.00. The Kier molecular flexibility index (Phi) is 7.16. The summed E-state index contributed by atoms with van der Waals surface area (Å²) in [7, 11) is 1.57. The van der Waals surface area contributed by atoms with Crippen molar-refractivity contribution in [3.8, 4) is 11.5 Å². The lowest BCUT2D eigenvalue weighted by Gasteiger charge is -2.22. The Morgan fingerprint density at radius 2 is 2.35 bits per heavy atom. The molecule has 1 fully saturated rings. The third-order valence-electron chi connectivity index (χ3n) is 3.84. The standard InChI is InChI=1S/C17H26N2O4/c1-21-14-5-6-16(23-9-3-7-18)15(10-14)17(20)19-11-13-4-2-8-22-12-13/h5-6,10,13H,2-4,7-9,11-12,18H2,1H3,(H,19,20). The molecule has 1 atom stereocenters. The Hall–Kier alpha value is -1.79. The summed E-state index contributed by atoms with van der Waals surface area (Å²) >= 11 is 0. The highest BCUT2D eigenvalue weighted by molar-refractivity contribution is 5.97. The summed E-state index contributed by atoms with van der Waals surface area (Å²) in [4.78, 5) is 12.5. The van der Waals surface area contributed by atoms with E-state index in [4.69, 9.17) is 19.9 Å². The number of hydrogen-bond acceptors (Lipinski definition) is 5. The summed E-state index contributed by atoms with van der Waals surface area (Å²) in [5.74, 6) is 1.40. The SMILES string of the molecule is COc1ccc(OCCCN)c(C(=O)NCC2CCCOC2)c1. The molecule has 3 N–H and O–H groups in total. The highest BCUT2D eigenvalue weighted by Crippen LogP contribution is 2.24. The van der Waals surface area contributed by atoms with Gasteiger partial charge < -0.3 is 25.3 Å². The number of carbonyl (C=O) groups excluding carboxylic acids is 1. The molecule has 1 aromatic rings. The van der Waals surface area contributed by atoms with Crippen LogP contribution >= 0.6 is 0 Å². The molecule has 1 aliphatic rings. The maximum atomic E-state index is 12.5. The van der Waals surface area contributed by atoms with Crippen LogP contribution in [0.25, 0.3) is 0 Å². The highest BCUT2D eigenvalue weighted by Gasteiger charge is 2.18. The van der Waals surface area contributed by atoms with E-state index in [9.17, 15) is 4.79 Å². The Morgan fingerprint density at radius 1 is 1.48 bits per heavy atom. The summed E-state index contributed by atoms with van der Waals surface area (Å²) in [5.41, 5.74) is 5.96. The first-order chi connectivity index (χ1) is 11.2. The van der Waals surface area contributed by atoms with Crippen LogP contribution in [0.2, 0.25) is 0 Å². The molecule has 6 nitrogen and oxygen atoms in total. The van der Waals surface area contributed by atoms with E-state index >= 15 is 0 Å². The fraction of sp³-hybridized carbons (Fsp3) is 0.588. The minimum absolute atomic E-state index is 0.155. The van der Waals surface area contributed by atoms with Crippen LogP contribution in [-0.4, -0.2) is 45.9 Å². The molecule has 23 heavy (non-hydrogen) atoms. The van der Waals surface area contributed by atoms with Gasteiger partial charge in [-0.15, -0.1) is 0 Å². The maximum absolute atomic E-state index is 12.5. The topological polar surface area (TPSA) is 82.8 Å². The van der Waals surface area contributed by atoms with Crippen molar-refractivity contribution in [2.75, 3.05) is 40.0 Å². The van der Waals surface area contributed by atoms with Crippen LogP contribution < -0.4 is 20.5 Å². The summed E-state index contributed by atoms with van der Waals surface area (Å²) in [6.07, 6.45) is 2.87. The monoisotopic (exact) mass is 322 g/mol. The van der Waals surface area contributed by atoms with Gasteiger partial charge in [-0.1, -0.05) is 0 Å². The minimum atomic E-state index is -0.155.